The predicted octanol–water partition coefficient (Wildman–Crippen LogP) is 3.49. The molecule has 2 N–H and O–H groups in total. The second-order valence-corrected chi connectivity index (χ2v) is 4.40. The van der Waals surface area contributed by atoms with E-state index in [1.54, 1.807) is 12.1 Å². The van der Waals surface area contributed by atoms with E-state index in [1.807, 2.05) is 0 Å². The third-order valence-electron chi connectivity index (χ3n) is 2.25. The molecule has 4 nitrogen and oxygen atoms in total. The third kappa shape index (κ3) is 2.89. The fourth-order valence-corrected chi connectivity index (χ4v) is 1.79. The van der Waals surface area contributed by atoms with Gasteiger partial charge in [-0.05, 0) is 46.3 Å². The van der Waals surface area contributed by atoms with Crippen LogP contribution in [0, 0.1) is 5.82 Å². The van der Waals surface area contributed by atoms with E-state index in [0.29, 0.717) is 15.9 Å². The first-order valence-corrected chi connectivity index (χ1v) is 5.86. The maximum atomic E-state index is 13.0. The summed E-state index contributed by atoms with van der Waals surface area (Å²) in [5.74, 6) is -1.13. The largest absolute Gasteiger partial charge is 0.475 e. The van der Waals surface area contributed by atoms with Gasteiger partial charge in [-0.3, -0.25) is 0 Å². The van der Waals surface area contributed by atoms with Crippen LogP contribution < -0.4 is 5.32 Å². The van der Waals surface area contributed by atoms with Gasteiger partial charge in [-0.25, -0.2) is 9.18 Å². The van der Waals surface area contributed by atoms with Gasteiger partial charge in [0.2, 0.25) is 5.76 Å². The molecule has 0 saturated carbocycles. The minimum Gasteiger partial charge on any atom is -0.475 e. The molecule has 1 aromatic heterocycles. The van der Waals surface area contributed by atoms with Crippen LogP contribution in [-0.2, 0) is 6.54 Å². The number of rotatable bonds is 4. The molecule has 0 bridgehead atoms. The zero-order valence-electron chi connectivity index (χ0n) is 9.11. The van der Waals surface area contributed by atoms with E-state index in [2.05, 4.69) is 21.2 Å². The first-order valence-electron chi connectivity index (χ1n) is 5.07. The van der Waals surface area contributed by atoms with E-state index >= 15 is 0 Å². The monoisotopic (exact) mass is 313 g/mol. The Labute approximate surface area is 111 Å². The molecule has 0 saturated heterocycles. The molecule has 0 fully saturated rings. The van der Waals surface area contributed by atoms with Crippen LogP contribution >= 0.6 is 15.9 Å². The van der Waals surface area contributed by atoms with E-state index in [-0.39, 0.29) is 18.1 Å². The van der Waals surface area contributed by atoms with Crippen LogP contribution in [0.3, 0.4) is 0 Å². The van der Waals surface area contributed by atoms with Crippen LogP contribution in [0.2, 0.25) is 0 Å². The number of carboxylic acids is 1. The Morgan fingerprint density at radius 2 is 2.17 bits per heavy atom. The number of anilines is 1. The average Bonchev–Trinajstić information content (AvgIpc) is 2.79. The van der Waals surface area contributed by atoms with Crippen LogP contribution in [0.4, 0.5) is 10.1 Å². The number of carboxylic acid groups (broad SMARTS) is 1. The van der Waals surface area contributed by atoms with Crippen molar-refractivity contribution >= 4 is 27.6 Å². The minimum atomic E-state index is -1.12. The van der Waals surface area contributed by atoms with Crippen LogP contribution in [0.25, 0.3) is 0 Å². The van der Waals surface area contributed by atoms with Crippen molar-refractivity contribution in [3.05, 3.63) is 52.1 Å². The van der Waals surface area contributed by atoms with Gasteiger partial charge in [0.25, 0.3) is 0 Å². The number of aromatic carboxylic acids is 1. The zero-order chi connectivity index (χ0) is 13.1. The third-order valence-corrected chi connectivity index (χ3v) is 2.95. The van der Waals surface area contributed by atoms with Crippen LogP contribution in [0.1, 0.15) is 16.3 Å². The second-order valence-electron chi connectivity index (χ2n) is 3.55. The number of carbonyl (C=O) groups is 1. The van der Waals surface area contributed by atoms with Gasteiger partial charge in [0.15, 0.2) is 0 Å². The van der Waals surface area contributed by atoms with Crippen molar-refractivity contribution in [2.45, 2.75) is 6.54 Å². The molecule has 1 heterocycles. The Balaban J connectivity index is 2.06. The van der Waals surface area contributed by atoms with E-state index in [9.17, 15) is 9.18 Å². The summed E-state index contributed by atoms with van der Waals surface area (Å²) in [5, 5.41) is 11.6. The molecule has 0 spiro atoms. The van der Waals surface area contributed by atoms with E-state index in [1.165, 1.54) is 18.2 Å². The summed E-state index contributed by atoms with van der Waals surface area (Å²) in [6.07, 6.45) is 0. The Bertz CT molecular complexity index is 582. The lowest BCUT2D eigenvalue weighted by Gasteiger charge is -2.06. The molecule has 0 unspecified atom stereocenters. The van der Waals surface area contributed by atoms with Gasteiger partial charge in [0.1, 0.15) is 11.6 Å². The normalized spacial score (nSPS) is 10.3. The van der Waals surface area contributed by atoms with Crippen molar-refractivity contribution in [3.63, 3.8) is 0 Å². The van der Waals surface area contributed by atoms with E-state index < -0.39 is 5.97 Å². The maximum absolute atomic E-state index is 13.0. The molecule has 1 aromatic carbocycles. The average molecular weight is 314 g/mol. The van der Waals surface area contributed by atoms with Gasteiger partial charge in [-0.2, -0.15) is 0 Å². The number of hydrogen-bond donors (Lipinski definition) is 2. The Morgan fingerprint density at radius 1 is 1.39 bits per heavy atom. The molecular formula is C12H9BrFNO3. The summed E-state index contributed by atoms with van der Waals surface area (Å²) in [7, 11) is 0. The first-order chi connectivity index (χ1) is 8.56. The number of furan rings is 1. The number of nitrogens with one attached hydrogen (secondary N) is 1. The molecule has 0 aliphatic carbocycles. The van der Waals surface area contributed by atoms with E-state index in [4.69, 9.17) is 9.52 Å². The molecule has 2 rings (SSSR count). The molecule has 18 heavy (non-hydrogen) atoms. The number of hydrogen-bond acceptors (Lipinski definition) is 3. The molecule has 6 heteroatoms. The van der Waals surface area contributed by atoms with Gasteiger partial charge in [-0.15, -0.1) is 0 Å². The highest BCUT2D eigenvalue weighted by Crippen LogP contribution is 2.23. The molecule has 0 aliphatic heterocycles. The smallest absolute Gasteiger partial charge is 0.371 e. The fraction of sp³-hybridized carbons (Fsp3) is 0.0833. The SMILES string of the molecule is O=C(O)c1ccc(CNc2cc(F)ccc2Br)o1. The maximum Gasteiger partial charge on any atom is 0.371 e. The molecule has 0 amide bonds. The van der Waals surface area contributed by atoms with E-state index in [0.717, 1.165) is 0 Å². The summed E-state index contributed by atoms with van der Waals surface area (Å²) in [6, 6.07) is 7.20. The summed E-state index contributed by atoms with van der Waals surface area (Å²) >= 11 is 3.28. The predicted molar refractivity (Wildman–Crippen MR) is 67.1 cm³/mol. The Hall–Kier alpha value is -1.82. The van der Waals surface area contributed by atoms with Crippen LogP contribution in [0.15, 0.2) is 39.2 Å². The second kappa shape index (κ2) is 5.22. The summed E-state index contributed by atoms with van der Waals surface area (Å²) < 4.78 is 18.8. The molecular weight excluding hydrogens is 305 g/mol. The lowest BCUT2D eigenvalue weighted by atomic mass is 10.3. The van der Waals surface area contributed by atoms with Gasteiger partial charge in [0.05, 0.1) is 12.2 Å². The van der Waals surface area contributed by atoms with Crippen molar-refractivity contribution in [2.75, 3.05) is 5.32 Å². The highest BCUT2D eigenvalue weighted by Gasteiger charge is 2.09. The van der Waals surface area contributed by atoms with Gasteiger partial charge < -0.3 is 14.8 Å². The van der Waals surface area contributed by atoms with Crippen molar-refractivity contribution in [2.24, 2.45) is 0 Å². The van der Waals surface area contributed by atoms with Gasteiger partial charge in [-0.1, -0.05) is 0 Å². The van der Waals surface area contributed by atoms with Gasteiger partial charge >= 0.3 is 5.97 Å². The van der Waals surface area contributed by atoms with Gasteiger partial charge in [0, 0.05) is 4.47 Å². The highest BCUT2D eigenvalue weighted by molar-refractivity contribution is 9.10. The van der Waals surface area contributed by atoms with Crippen molar-refractivity contribution in [1.82, 2.24) is 0 Å². The number of benzene rings is 1. The molecule has 0 atom stereocenters. The fourth-order valence-electron chi connectivity index (χ4n) is 1.40. The summed E-state index contributed by atoms with van der Waals surface area (Å²) in [4.78, 5) is 10.6. The highest BCUT2D eigenvalue weighted by atomic mass is 79.9. The Morgan fingerprint density at radius 3 is 2.83 bits per heavy atom. The van der Waals surface area contributed by atoms with Crippen LogP contribution in [-0.4, -0.2) is 11.1 Å². The molecule has 94 valence electrons. The summed E-state index contributed by atoms with van der Waals surface area (Å²) in [6.45, 7) is 0.273. The minimum absolute atomic E-state index is 0.120. The number of halogens is 2. The van der Waals surface area contributed by atoms with Crippen LogP contribution in [0.5, 0.6) is 0 Å². The molecule has 2 aromatic rings. The quantitative estimate of drug-likeness (QED) is 0.907. The van der Waals surface area contributed by atoms with Crippen molar-refractivity contribution in [3.8, 4) is 0 Å². The lowest BCUT2D eigenvalue weighted by molar-refractivity contribution is 0.0660. The molecule has 0 aliphatic rings. The lowest BCUT2D eigenvalue weighted by Crippen LogP contribution is -1.99. The zero-order valence-corrected chi connectivity index (χ0v) is 10.7. The first kappa shape index (κ1) is 12.6. The topological polar surface area (TPSA) is 62.5 Å². The Kier molecular flexibility index (Phi) is 3.66. The standard InChI is InChI=1S/C12H9BrFNO3/c13-9-3-1-7(14)5-10(9)15-6-8-2-4-11(18-8)12(16)17/h1-5,15H,6H2,(H,16,17). The molecule has 0 radical (unpaired) electrons. The summed E-state index contributed by atoms with van der Waals surface area (Å²) in [5.41, 5.74) is 0.572. The van der Waals surface area contributed by atoms with Crippen molar-refractivity contribution < 1.29 is 18.7 Å². The van der Waals surface area contributed by atoms with Crippen molar-refractivity contribution in [1.29, 1.82) is 0 Å².